The number of rotatable bonds is 4. The van der Waals surface area contributed by atoms with Crippen LogP contribution < -0.4 is 4.90 Å². The highest BCUT2D eigenvalue weighted by atomic mass is 16.2. The van der Waals surface area contributed by atoms with Crippen molar-refractivity contribution in [1.82, 2.24) is 0 Å². The Hall–Kier alpha value is -3.89. The van der Waals surface area contributed by atoms with Gasteiger partial charge in [0.15, 0.2) is 11.3 Å². The lowest BCUT2D eigenvalue weighted by Crippen LogP contribution is -2.56. The van der Waals surface area contributed by atoms with E-state index in [9.17, 15) is 15.1 Å². The van der Waals surface area contributed by atoms with Crippen LogP contribution in [0.25, 0.3) is 10.4 Å². The number of nitrogens with zero attached hydrogens (tertiary/aromatic N) is 4. The minimum Gasteiger partial charge on any atom is -0.293 e. The third kappa shape index (κ3) is 2.73. The summed E-state index contributed by atoms with van der Waals surface area (Å²) in [5.74, 6) is -1.04. The zero-order valence-corrected chi connectivity index (χ0v) is 14.9. The Labute approximate surface area is 161 Å². The first-order valence-electron chi connectivity index (χ1n) is 8.81. The number of amides is 1. The second-order valence-electron chi connectivity index (χ2n) is 6.53. The van der Waals surface area contributed by atoms with Crippen molar-refractivity contribution in [2.75, 3.05) is 4.90 Å². The highest BCUT2D eigenvalue weighted by Gasteiger charge is 2.53. The number of anilines is 2. The minimum atomic E-state index is -1.87. The van der Waals surface area contributed by atoms with Crippen molar-refractivity contribution in [1.29, 1.82) is 0 Å². The number of Topliss-reactive ketones (excluding diaryl/α,β-unsaturated/α-hetero) is 1. The van der Waals surface area contributed by atoms with Crippen molar-refractivity contribution in [2.24, 2.45) is 5.11 Å². The van der Waals surface area contributed by atoms with Crippen LogP contribution >= 0.6 is 0 Å². The Morgan fingerprint density at radius 2 is 1.46 bits per heavy atom. The lowest BCUT2D eigenvalue weighted by atomic mass is 9.79. The van der Waals surface area contributed by atoms with E-state index in [0.29, 0.717) is 16.9 Å². The van der Waals surface area contributed by atoms with Crippen LogP contribution in [0, 0.1) is 0 Å². The molecule has 0 aromatic heterocycles. The summed E-state index contributed by atoms with van der Waals surface area (Å²) < 4.78 is 0. The first-order valence-corrected chi connectivity index (χ1v) is 8.81. The van der Waals surface area contributed by atoms with E-state index in [1.807, 2.05) is 48.5 Å². The SMILES string of the molecule is [N-]=[N+]=N[C@]1(Cc2ccccc2)C(=O)c2ccccc2N(c2ccccc2)C1=O. The van der Waals surface area contributed by atoms with Crippen molar-refractivity contribution in [3.8, 4) is 0 Å². The van der Waals surface area contributed by atoms with Crippen LogP contribution in [0.5, 0.6) is 0 Å². The van der Waals surface area contributed by atoms with Gasteiger partial charge in [0.25, 0.3) is 5.91 Å². The highest BCUT2D eigenvalue weighted by molar-refractivity contribution is 6.30. The zero-order chi connectivity index (χ0) is 19.6. The maximum Gasteiger partial charge on any atom is 0.252 e. The standard InChI is InChI=1S/C22H16N4O2/c23-25-24-22(15-16-9-3-1-4-10-16)20(27)18-13-7-8-14-19(18)26(21(22)28)17-11-5-2-6-12-17/h1-14H,15H2/t22-/m1/s1. The lowest BCUT2D eigenvalue weighted by Gasteiger charge is -2.38. The molecule has 4 rings (SSSR count). The predicted octanol–water partition coefficient (Wildman–Crippen LogP) is 4.84. The van der Waals surface area contributed by atoms with E-state index >= 15 is 0 Å². The van der Waals surface area contributed by atoms with E-state index in [1.165, 1.54) is 4.90 Å². The largest absolute Gasteiger partial charge is 0.293 e. The Bertz CT molecular complexity index is 1090. The monoisotopic (exact) mass is 368 g/mol. The van der Waals surface area contributed by atoms with Gasteiger partial charge in [0.05, 0.1) is 5.69 Å². The van der Waals surface area contributed by atoms with Crippen molar-refractivity contribution < 1.29 is 9.59 Å². The molecule has 1 atom stereocenters. The maximum atomic E-state index is 13.7. The van der Waals surface area contributed by atoms with Gasteiger partial charge in [-0.1, -0.05) is 65.8 Å². The fraction of sp³-hybridized carbons (Fsp3) is 0.0909. The molecule has 6 heteroatoms. The third-order valence-electron chi connectivity index (χ3n) is 4.85. The number of azide groups is 1. The van der Waals surface area contributed by atoms with Gasteiger partial charge in [0.2, 0.25) is 0 Å². The Kier molecular flexibility index (Phi) is 4.39. The molecule has 1 aliphatic heterocycles. The molecular weight excluding hydrogens is 352 g/mol. The molecule has 0 unspecified atom stereocenters. The Balaban J connectivity index is 1.95. The van der Waals surface area contributed by atoms with Crippen LogP contribution in [-0.2, 0) is 11.2 Å². The van der Waals surface area contributed by atoms with Gasteiger partial charge < -0.3 is 0 Å². The molecule has 1 aliphatic rings. The topological polar surface area (TPSA) is 86.1 Å². The molecular formula is C22H16N4O2. The van der Waals surface area contributed by atoms with Crippen molar-refractivity contribution in [3.63, 3.8) is 0 Å². The number of carbonyl (C=O) groups is 2. The summed E-state index contributed by atoms with van der Waals surface area (Å²) in [6.45, 7) is 0. The molecule has 0 fully saturated rings. The van der Waals surface area contributed by atoms with Crippen LogP contribution in [0.1, 0.15) is 15.9 Å². The van der Waals surface area contributed by atoms with Gasteiger partial charge in [-0.15, -0.1) is 0 Å². The second-order valence-corrected chi connectivity index (χ2v) is 6.53. The van der Waals surface area contributed by atoms with Gasteiger partial charge >= 0.3 is 0 Å². The molecule has 0 radical (unpaired) electrons. The summed E-state index contributed by atoms with van der Waals surface area (Å²) >= 11 is 0. The quantitative estimate of drug-likeness (QED) is 0.285. The van der Waals surface area contributed by atoms with E-state index in [1.54, 1.807) is 36.4 Å². The molecule has 0 bridgehead atoms. The predicted molar refractivity (Wildman–Crippen MR) is 106 cm³/mol. The summed E-state index contributed by atoms with van der Waals surface area (Å²) in [5, 5.41) is 3.79. The number of hydrogen-bond donors (Lipinski definition) is 0. The van der Waals surface area contributed by atoms with E-state index in [2.05, 4.69) is 10.0 Å². The number of carbonyl (C=O) groups excluding carboxylic acids is 2. The van der Waals surface area contributed by atoms with E-state index in [4.69, 9.17) is 0 Å². The Morgan fingerprint density at radius 3 is 2.14 bits per heavy atom. The molecule has 0 spiro atoms. The lowest BCUT2D eigenvalue weighted by molar-refractivity contribution is -0.121. The van der Waals surface area contributed by atoms with Crippen LogP contribution in [0.4, 0.5) is 11.4 Å². The summed E-state index contributed by atoms with van der Waals surface area (Å²) in [6.07, 6.45) is -0.00671. The van der Waals surface area contributed by atoms with Gasteiger partial charge in [0.1, 0.15) is 0 Å². The molecule has 1 amide bonds. The molecule has 1 heterocycles. The summed E-state index contributed by atoms with van der Waals surface area (Å²) in [7, 11) is 0. The summed E-state index contributed by atoms with van der Waals surface area (Å²) in [5.41, 5.74) is 9.55. The average Bonchev–Trinajstić information content (AvgIpc) is 2.74. The molecule has 3 aromatic rings. The van der Waals surface area contributed by atoms with Crippen LogP contribution in [0.2, 0.25) is 0 Å². The molecule has 0 saturated heterocycles. The second kappa shape index (κ2) is 7.02. The summed E-state index contributed by atoms with van der Waals surface area (Å²) in [4.78, 5) is 31.4. The van der Waals surface area contributed by atoms with Crippen molar-refractivity contribution >= 4 is 23.1 Å². The van der Waals surface area contributed by atoms with Gasteiger partial charge in [-0.25, -0.2) is 0 Å². The highest BCUT2D eigenvalue weighted by Crippen LogP contribution is 2.41. The van der Waals surface area contributed by atoms with E-state index in [-0.39, 0.29) is 6.42 Å². The number of benzene rings is 3. The third-order valence-corrected chi connectivity index (χ3v) is 4.85. The fourth-order valence-electron chi connectivity index (χ4n) is 3.56. The van der Waals surface area contributed by atoms with Gasteiger partial charge in [-0.3, -0.25) is 14.5 Å². The van der Waals surface area contributed by atoms with Crippen LogP contribution in [0.3, 0.4) is 0 Å². The number of ketones is 1. The maximum absolute atomic E-state index is 13.7. The Morgan fingerprint density at radius 1 is 0.857 bits per heavy atom. The fourth-order valence-corrected chi connectivity index (χ4v) is 3.56. The van der Waals surface area contributed by atoms with E-state index in [0.717, 1.165) is 5.56 Å². The molecule has 136 valence electrons. The van der Waals surface area contributed by atoms with E-state index < -0.39 is 17.2 Å². The van der Waals surface area contributed by atoms with Crippen LogP contribution in [-0.4, -0.2) is 17.2 Å². The number of para-hydroxylation sites is 2. The summed E-state index contributed by atoms with van der Waals surface area (Å²) in [6, 6.07) is 25.0. The zero-order valence-electron chi connectivity index (χ0n) is 14.9. The number of hydrogen-bond acceptors (Lipinski definition) is 3. The van der Waals surface area contributed by atoms with Crippen molar-refractivity contribution in [2.45, 2.75) is 12.0 Å². The normalized spacial score (nSPS) is 18.4. The molecule has 0 aliphatic carbocycles. The minimum absolute atomic E-state index is 0.00671. The first kappa shape index (κ1) is 17.5. The van der Waals surface area contributed by atoms with Crippen LogP contribution in [0.15, 0.2) is 90.0 Å². The first-order chi connectivity index (χ1) is 13.7. The average molecular weight is 368 g/mol. The number of fused-ring (bicyclic) bond motifs is 1. The van der Waals surface area contributed by atoms with Crippen molar-refractivity contribution in [3.05, 3.63) is 106 Å². The molecule has 3 aromatic carbocycles. The molecule has 6 nitrogen and oxygen atoms in total. The molecule has 28 heavy (non-hydrogen) atoms. The smallest absolute Gasteiger partial charge is 0.252 e. The van der Waals surface area contributed by atoms with Gasteiger partial charge in [-0.05, 0) is 35.4 Å². The van der Waals surface area contributed by atoms with Gasteiger partial charge in [-0.2, -0.15) is 0 Å². The van der Waals surface area contributed by atoms with Gasteiger partial charge in [0, 0.05) is 22.6 Å². The molecule has 0 N–H and O–H groups in total. The molecule has 0 saturated carbocycles.